The predicted molar refractivity (Wildman–Crippen MR) is 132 cm³/mol. The Hall–Kier alpha value is -3.17. The van der Waals surface area contributed by atoms with Crippen molar-refractivity contribution in [2.24, 2.45) is 0 Å². The molecule has 0 aliphatic heterocycles. The van der Waals surface area contributed by atoms with Crippen LogP contribution in [0.15, 0.2) is 71.6 Å². The van der Waals surface area contributed by atoms with Crippen molar-refractivity contribution in [3.05, 3.63) is 82.9 Å². The van der Waals surface area contributed by atoms with Crippen molar-refractivity contribution in [2.45, 2.75) is 29.7 Å². The normalized spacial score (nSPS) is 12.1. The third-order valence-electron chi connectivity index (χ3n) is 4.93. The Bertz CT molecular complexity index is 1200. The van der Waals surface area contributed by atoms with Gasteiger partial charge in [0, 0.05) is 21.2 Å². The zero-order chi connectivity index (χ0) is 25.6. The number of rotatable bonds is 8. The van der Waals surface area contributed by atoms with E-state index in [1.807, 2.05) is 0 Å². The quantitative estimate of drug-likeness (QED) is 0.309. The molecule has 3 aromatic rings. The van der Waals surface area contributed by atoms with Gasteiger partial charge < -0.3 is 15.4 Å². The molecule has 0 aliphatic rings. The van der Waals surface area contributed by atoms with Gasteiger partial charge in [-0.2, -0.15) is 13.2 Å². The van der Waals surface area contributed by atoms with E-state index < -0.39 is 22.9 Å². The fraction of sp³-hybridized carbons (Fsp3) is 0.200. The molecule has 3 rings (SSSR count). The first-order valence-electron chi connectivity index (χ1n) is 10.5. The lowest BCUT2D eigenvalue weighted by Crippen LogP contribution is -2.26. The maximum atomic E-state index is 13.4. The van der Waals surface area contributed by atoms with Crippen LogP contribution in [0.3, 0.4) is 0 Å². The van der Waals surface area contributed by atoms with Gasteiger partial charge in [0.2, 0.25) is 5.91 Å². The molecule has 2 N–H and O–H groups in total. The van der Waals surface area contributed by atoms with Gasteiger partial charge in [0.15, 0.2) is 0 Å². The number of hydrogen-bond acceptors (Lipinski definition) is 4. The number of methoxy groups -OCH3 is 1. The minimum Gasteiger partial charge on any atom is -0.497 e. The molecule has 0 spiro atoms. The Balaban J connectivity index is 1.70. The smallest absolute Gasteiger partial charge is 0.418 e. The summed E-state index contributed by atoms with van der Waals surface area (Å²) in [6.45, 7) is 1.76. The van der Waals surface area contributed by atoms with E-state index in [0.717, 1.165) is 12.1 Å². The van der Waals surface area contributed by atoms with Gasteiger partial charge in [-0.3, -0.25) is 9.59 Å². The molecule has 35 heavy (non-hydrogen) atoms. The predicted octanol–water partition coefficient (Wildman–Crippen LogP) is 7.13. The molecule has 0 radical (unpaired) electrons. The van der Waals surface area contributed by atoms with Gasteiger partial charge in [-0.05, 0) is 67.1 Å². The lowest BCUT2D eigenvalue weighted by molar-refractivity contribution is -0.137. The third-order valence-corrected chi connectivity index (χ3v) is 6.52. The zero-order valence-electron chi connectivity index (χ0n) is 18.8. The highest BCUT2D eigenvalue weighted by molar-refractivity contribution is 8.00. The molecule has 10 heteroatoms. The lowest BCUT2D eigenvalue weighted by atomic mass is 10.1. The van der Waals surface area contributed by atoms with Crippen molar-refractivity contribution in [3.63, 3.8) is 0 Å². The highest BCUT2D eigenvalue weighted by Crippen LogP contribution is 2.37. The summed E-state index contributed by atoms with van der Waals surface area (Å²) in [6, 6.07) is 16.7. The molecule has 0 heterocycles. The van der Waals surface area contributed by atoms with E-state index in [2.05, 4.69) is 10.6 Å². The van der Waals surface area contributed by atoms with Gasteiger partial charge in [-0.25, -0.2) is 0 Å². The summed E-state index contributed by atoms with van der Waals surface area (Å²) < 4.78 is 45.2. The average Bonchev–Trinajstić information content (AvgIpc) is 2.83. The number of anilines is 2. The lowest BCUT2D eigenvalue weighted by Gasteiger charge is -2.18. The molecule has 184 valence electrons. The van der Waals surface area contributed by atoms with Crippen LogP contribution in [0.2, 0.25) is 5.02 Å². The third kappa shape index (κ3) is 7.16. The number of ether oxygens (including phenoxy) is 1. The number of benzene rings is 3. The van der Waals surface area contributed by atoms with Crippen LogP contribution in [0.4, 0.5) is 24.5 Å². The molecular formula is C25H22ClF3N2O3S. The minimum atomic E-state index is -4.67. The Morgan fingerprint density at radius 1 is 1.03 bits per heavy atom. The van der Waals surface area contributed by atoms with Gasteiger partial charge in [0.25, 0.3) is 5.91 Å². The molecule has 2 amide bonds. The van der Waals surface area contributed by atoms with Crippen molar-refractivity contribution in [2.75, 3.05) is 17.7 Å². The molecule has 3 aromatic carbocycles. The maximum Gasteiger partial charge on any atom is 0.418 e. The first kappa shape index (κ1) is 26.4. The number of alkyl halides is 3. The Labute approximate surface area is 210 Å². The average molecular weight is 523 g/mol. The van der Waals surface area contributed by atoms with E-state index in [1.54, 1.807) is 55.5 Å². The first-order chi connectivity index (χ1) is 16.6. The molecule has 5 nitrogen and oxygen atoms in total. The van der Waals surface area contributed by atoms with Crippen molar-refractivity contribution in [1.29, 1.82) is 0 Å². The molecule has 0 aliphatic carbocycles. The van der Waals surface area contributed by atoms with Crippen molar-refractivity contribution >= 4 is 46.6 Å². The molecule has 0 fully saturated rings. The van der Waals surface area contributed by atoms with Gasteiger partial charge in [0.1, 0.15) is 5.75 Å². The molecule has 0 aromatic heterocycles. The zero-order valence-corrected chi connectivity index (χ0v) is 20.4. The van der Waals surface area contributed by atoms with Crippen molar-refractivity contribution in [1.82, 2.24) is 0 Å². The van der Waals surface area contributed by atoms with Crippen LogP contribution in [-0.4, -0.2) is 24.2 Å². The summed E-state index contributed by atoms with van der Waals surface area (Å²) in [7, 11) is 1.53. The second-order valence-electron chi connectivity index (χ2n) is 7.40. The second-order valence-corrected chi connectivity index (χ2v) is 9.11. The summed E-state index contributed by atoms with van der Waals surface area (Å²) in [5.74, 6) is -0.259. The van der Waals surface area contributed by atoms with Crippen molar-refractivity contribution < 1.29 is 27.5 Å². The number of halogens is 4. The van der Waals surface area contributed by atoms with Crippen LogP contribution in [0.5, 0.6) is 5.75 Å². The number of carbonyl (C=O) groups excluding carboxylic acids is 2. The van der Waals surface area contributed by atoms with E-state index in [0.29, 0.717) is 28.3 Å². The Morgan fingerprint density at radius 2 is 1.74 bits per heavy atom. The highest BCUT2D eigenvalue weighted by Gasteiger charge is 2.34. The molecule has 1 unspecified atom stereocenters. The largest absolute Gasteiger partial charge is 0.497 e. The number of carbonyl (C=O) groups is 2. The number of hydrogen-bond donors (Lipinski definition) is 2. The Kier molecular flexibility index (Phi) is 8.69. The second kappa shape index (κ2) is 11.5. The number of amides is 2. The Morgan fingerprint density at radius 3 is 2.37 bits per heavy atom. The van der Waals surface area contributed by atoms with Crippen LogP contribution >= 0.6 is 23.4 Å². The van der Waals surface area contributed by atoms with E-state index in [4.69, 9.17) is 16.3 Å². The molecule has 0 saturated carbocycles. The van der Waals surface area contributed by atoms with E-state index in [1.165, 1.54) is 24.9 Å². The fourth-order valence-corrected chi connectivity index (χ4v) is 4.34. The van der Waals surface area contributed by atoms with Gasteiger partial charge in [-0.15, -0.1) is 11.8 Å². The van der Waals surface area contributed by atoms with Crippen LogP contribution in [0.25, 0.3) is 0 Å². The van der Waals surface area contributed by atoms with Gasteiger partial charge in [0.05, 0.1) is 23.6 Å². The minimum absolute atomic E-state index is 0.0785. The SMILES string of the molecule is CCC(Sc1cccc(NC(=O)c2ccc(OC)cc2)c1)C(=O)Nc1ccc(Cl)cc1C(F)(F)F. The summed E-state index contributed by atoms with van der Waals surface area (Å²) in [6.07, 6.45) is -4.30. The van der Waals surface area contributed by atoms with Crippen molar-refractivity contribution in [3.8, 4) is 5.75 Å². The molecule has 0 bridgehead atoms. The number of nitrogens with one attached hydrogen (secondary N) is 2. The first-order valence-corrected chi connectivity index (χ1v) is 11.8. The van der Waals surface area contributed by atoms with Gasteiger partial charge >= 0.3 is 6.18 Å². The van der Waals surface area contributed by atoms with E-state index in [-0.39, 0.29) is 16.6 Å². The topological polar surface area (TPSA) is 67.4 Å². The van der Waals surface area contributed by atoms with Gasteiger partial charge in [-0.1, -0.05) is 24.6 Å². The van der Waals surface area contributed by atoms with Crippen LogP contribution in [-0.2, 0) is 11.0 Å². The number of thioether (sulfide) groups is 1. The van der Waals surface area contributed by atoms with Crippen LogP contribution in [0, 0.1) is 0 Å². The van der Waals surface area contributed by atoms with Crippen LogP contribution < -0.4 is 15.4 Å². The summed E-state index contributed by atoms with van der Waals surface area (Å²) in [5, 5.41) is 4.42. The monoisotopic (exact) mass is 522 g/mol. The molecular weight excluding hydrogens is 501 g/mol. The molecule has 1 atom stereocenters. The van der Waals surface area contributed by atoms with E-state index >= 15 is 0 Å². The molecule has 0 saturated heterocycles. The highest BCUT2D eigenvalue weighted by atomic mass is 35.5. The van der Waals surface area contributed by atoms with Crippen LogP contribution in [0.1, 0.15) is 29.3 Å². The fourth-order valence-electron chi connectivity index (χ4n) is 3.15. The summed E-state index contributed by atoms with van der Waals surface area (Å²) >= 11 is 6.90. The summed E-state index contributed by atoms with van der Waals surface area (Å²) in [4.78, 5) is 26.0. The summed E-state index contributed by atoms with van der Waals surface area (Å²) in [5.41, 5.74) is -0.408. The van der Waals surface area contributed by atoms with E-state index in [9.17, 15) is 22.8 Å². The maximum absolute atomic E-state index is 13.4. The standard InChI is InChI=1S/C25H22ClF3N2O3S/c1-3-22(24(33)31-21-12-9-16(26)13-20(21)25(27,28)29)35-19-6-4-5-17(14-19)30-23(32)15-7-10-18(34-2)11-8-15/h4-14,22H,3H2,1-2H3,(H,30,32)(H,31,33).